The summed E-state index contributed by atoms with van der Waals surface area (Å²) in [4.78, 5) is 11.0. The van der Waals surface area contributed by atoms with Crippen LogP contribution >= 0.6 is 0 Å². The van der Waals surface area contributed by atoms with Crippen LogP contribution in [0.5, 0.6) is 0 Å². The molecule has 0 aliphatic heterocycles. The number of para-hydroxylation sites is 2. The smallest absolute Gasteiger partial charge is 0.147 e. The SMILES string of the molecule is c1ccc2c(c1)ccc1c2c2c3ccccc3c3ccccc3c2c2nc3ccc(-c4ccc5c(c4)c4ccccc4c4c5c5ccc6ccccc6c5n5c6ccccc6nc45)cc3n12. The first-order valence-corrected chi connectivity index (χ1v) is 22.7. The first-order chi connectivity index (χ1) is 32.8. The Hall–Kier alpha value is -8.86. The number of hydrogen-bond acceptors (Lipinski definition) is 2. The Balaban J connectivity index is 1.03. The van der Waals surface area contributed by atoms with E-state index >= 15 is 0 Å². The largest absolute Gasteiger partial charge is 0.292 e. The molecule has 0 unspecified atom stereocenters. The van der Waals surface area contributed by atoms with Crippen LogP contribution in [-0.2, 0) is 0 Å². The third-order valence-corrected chi connectivity index (χ3v) is 14.7. The van der Waals surface area contributed by atoms with Gasteiger partial charge in [-0.1, -0.05) is 170 Å². The van der Waals surface area contributed by atoms with Gasteiger partial charge in [0.15, 0.2) is 0 Å². The maximum absolute atomic E-state index is 5.54. The number of imidazole rings is 2. The van der Waals surface area contributed by atoms with Crippen LogP contribution in [-0.4, -0.2) is 18.8 Å². The van der Waals surface area contributed by atoms with Crippen molar-refractivity contribution in [1.82, 2.24) is 18.8 Å². The van der Waals surface area contributed by atoms with Crippen molar-refractivity contribution >= 4 is 141 Å². The van der Waals surface area contributed by atoms with E-state index < -0.39 is 0 Å². The number of benzene rings is 12. The summed E-state index contributed by atoms with van der Waals surface area (Å²) in [5.74, 6) is 0. The summed E-state index contributed by atoms with van der Waals surface area (Å²) in [6.07, 6.45) is 0. The Morgan fingerprint density at radius 2 is 0.758 bits per heavy atom. The van der Waals surface area contributed by atoms with Gasteiger partial charge in [0.25, 0.3) is 0 Å². The predicted octanol–water partition coefficient (Wildman–Crippen LogP) is 16.5. The van der Waals surface area contributed by atoms with Crippen molar-refractivity contribution in [3.05, 3.63) is 206 Å². The van der Waals surface area contributed by atoms with E-state index in [1.807, 2.05) is 0 Å². The van der Waals surface area contributed by atoms with E-state index in [4.69, 9.17) is 9.97 Å². The topological polar surface area (TPSA) is 34.6 Å². The molecule has 0 saturated heterocycles. The maximum atomic E-state index is 5.54. The van der Waals surface area contributed by atoms with E-state index in [-0.39, 0.29) is 0 Å². The fourth-order valence-electron chi connectivity index (χ4n) is 12.0. The summed E-state index contributed by atoms with van der Waals surface area (Å²) in [6, 6.07) is 75.9. The van der Waals surface area contributed by atoms with Crippen LogP contribution in [0.15, 0.2) is 206 Å². The Morgan fingerprint density at radius 1 is 0.258 bits per heavy atom. The lowest BCUT2D eigenvalue weighted by Gasteiger charge is -2.17. The van der Waals surface area contributed by atoms with E-state index in [0.717, 1.165) is 44.4 Å². The highest BCUT2D eigenvalue weighted by atomic mass is 15.0. The molecule has 0 bridgehead atoms. The molecule has 16 aromatic rings. The van der Waals surface area contributed by atoms with Crippen molar-refractivity contribution in [2.24, 2.45) is 0 Å². The molecule has 4 nitrogen and oxygen atoms in total. The molecular formula is C62H34N4. The second kappa shape index (κ2) is 12.4. The number of nitrogens with zero attached hydrogens (tertiary/aromatic N) is 4. The van der Waals surface area contributed by atoms with Gasteiger partial charge in [-0.05, 0) is 107 Å². The van der Waals surface area contributed by atoms with Gasteiger partial charge in [0.05, 0.1) is 33.1 Å². The van der Waals surface area contributed by atoms with Gasteiger partial charge >= 0.3 is 0 Å². The molecule has 66 heavy (non-hydrogen) atoms. The number of rotatable bonds is 1. The molecule has 0 saturated carbocycles. The Labute approximate surface area is 375 Å². The van der Waals surface area contributed by atoms with Crippen LogP contribution < -0.4 is 0 Å². The van der Waals surface area contributed by atoms with Crippen molar-refractivity contribution in [3.63, 3.8) is 0 Å². The summed E-state index contributed by atoms with van der Waals surface area (Å²) in [6.45, 7) is 0. The van der Waals surface area contributed by atoms with E-state index in [2.05, 4.69) is 215 Å². The van der Waals surface area contributed by atoms with Crippen LogP contribution in [0.1, 0.15) is 0 Å². The lowest BCUT2D eigenvalue weighted by atomic mass is 9.90. The number of pyridine rings is 2. The quantitative estimate of drug-likeness (QED) is 0.154. The van der Waals surface area contributed by atoms with Crippen molar-refractivity contribution in [2.75, 3.05) is 0 Å². The zero-order chi connectivity index (χ0) is 42.8. The first kappa shape index (κ1) is 34.6. The Morgan fingerprint density at radius 3 is 1.52 bits per heavy atom. The summed E-state index contributed by atoms with van der Waals surface area (Å²) >= 11 is 0. The molecule has 0 amide bonds. The highest BCUT2D eigenvalue weighted by molar-refractivity contribution is 6.39. The maximum Gasteiger partial charge on any atom is 0.147 e. The molecule has 4 heterocycles. The summed E-state index contributed by atoms with van der Waals surface area (Å²) in [7, 11) is 0. The van der Waals surface area contributed by atoms with Gasteiger partial charge < -0.3 is 0 Å². The van der Waals surface area contributed by atoms with Gasteiger partial charge in [-0.3, -0.25) is 8.80 Å². The van der Waals surface area contributed by atoms with Gasteiger partial charge in [-0.2, -0.15) is 0 Å². The average molecular weight is 835 g/mol. The fourth-order valence-corrected chi connectivity index (χ4v) is 12.0. The molecule has 0 aliphatic carbocycles. The van der Waals surface area contributed by atoms with E-state index in [1.54, 1.807) is 0 Å². The Kier molecular flexibility index (Phi) is 6.52. The van der Waals surface area contributed by atoms with Gasteiger partial charge in [0.2, 0.25) is 0 Å². The molecule has 12 aromatic carbocycles. The second-order valence-electron chi connectivity index (χ2n) is 18.0. The summed E-state index contributed by atoms with van der Waals surface area (Å²) < 4.78 is 4.85. The monoisotopic (exact) mass is 834 g/mol. The van der Waals surface area contributed by atoms with Crippen LogP contribution in [0.4, 0.5) is 0 Å². The van der Waals surface area contributed by atoms with Crippen molar-refractivity contribution in [2.45, 2.75) is 0 Å². The minimum atomic E-state index is 0.977. The third-order valence-electron chi connectivity index (χ3n) is 14.7. The summed E-state index contributed by atoms with van der Waals surface area (Å²) in [5.41, 5.74) is 10.8. The van der Waals surface area contributed by atoms with Crippen LogP contribution in [0.2, 0.25) is 0 Å². The minimum absolute atomic E-state index is 0.977. The van der Waals surface area contributed by atoms with Gasteiger partial charge in [-0.25, -0.2) is 9.97 Å². The lowest BCUT2D eigenvalue weighted by molar-refractivity contribution is 1.32. The van der Waals surface area contributed by atoms with Crippen LogP contribution in [0.3, 0.4) is 0 Å². The van der Waals surface area contributed by atoms with Crippen LogP contribution in [0, 0.1) is 0 Å². The van der Waals surface area contributed by atoms with Crippen LogP contribution in [0.25, 0.3) is 152 Å². The van der Waals surface area contributed by atoms with Crippen molar-refractivity contribution < 1.29 is 0 Å². The molecule has 0 fully saturated rings. The third kappa shape index (κ3) is 4.33. The van der Waals surface area contributed by atoms with Gasteiger partial charge in [0.1, 0.15) is 11.3 Å². The zero-order valence-corrected chi connectivity index (χ0v) is 35.4. The van der Waals surface area contributed by atoms with E-state index in [1.165, 1.54) is 108 Å². The highest BCUT2D eigenvalue weighted by Gasteiger charge is 2.23. The molecule has 0 aliphatic rings. The standard InChI is InChI=1S/C62H34N4/c1-3-15-39-35(13-1)28-32-53-56(39)57-44-20-8-5-17-41(44)42-18-6-9-21-45(42)59(57)61-64-51-31-27-38(34-54(51)65(53)61)37-26-29-47-49(33-37)43-19-7-10-22-46(43)58-55(47)48-30-25-36-14-2-4-16-40(36)60(48)66-52-24-12-11-23-50(52)63-62(58)66/h1-34H. The molecule has 4 aromatic heterocycles. The molecule has 0 spiro atoms. The van der Waals surface area contributed by atoms with E-state index in [0.29, 0.717) is 0 Å². The Bertz CT molecular complexity index is 4880. The molecule has 0 atom stereocenters. The van der Waals surface area contributed by atoms with Gasteiger partial charge in [-0.15, -0.1) is 0 Å². The summed E-state index contributed by atoms with van der Waals surface area (Å²) in [5, 5.41) is 22.1. The first-order valence-electron chi connectivity index (χ1n) is 22.7. The molecule has 4 heteroatoms. The number of fused-ring (bicyclic) bond motifs is 30. The average Bonchev–Trinajstić information content (AvgIpc) is 3.97. The van der Waals surface area contributed by atoms with Crippen molar-refractivity contribution in [1.29, 1.82) is 0 Å². The van der Waals surface area contributed by atoms with Crippen molar-refractivity contribution in [3.8, 4) is 11.1 Å². The number of hydrogen-bond donors (Lipinski definition) is 0. The minimum Gasteiger partial charge on any atom is -0.292 e. The molecule has 0 N–H and O–H groups in total. The second-order valence-corrected chi connectivity index (χ2v) is 18.0. The normalized spacial score (nSPS) is 12.5. The molecule has 16 rings (SSSR count). The zero-order valence-electron chi connectivity index (χ0n) is 35.4. The van der Waals surface area contributed by atoms with Gasteiger partial charge in [0, 0.05) is 37.7 Å². The molecule has 302 valence electrons. The molecule has 0 radical (unpaired) electrons. The van der Waals surface area contributed by atoms with E-state index in [9.17, 15) is 0 Å². The predicted molar refractivity (Wildman–Crippen MR) is 279 cm³/mol. The fraction of sp³-hybridized carbons (Fsp3) is 0. The molecular weight excluding hydrogens is 801 g/mol. The highest BCUT2D eigenvalue weighted by Crippen LogP contribution is 2.47. The number of aromatic nitrogens is 4. The lowest BCUT2D eigenvalue weighted by Crippen LogP contribution is -1.95.